The van der Waals surface area contributed by atoms with Crippen LogP contribution in [0.25, 0.3) is 0 Å². The zero-order chi connectivity index (χ0) is 20.1. The molecule has 4 heteroatoms. The van der Waals surface area contributed by atoms with Gasteiger partial charge in [0, 0.05) is 16.8 Å². The minimum absolute atomic E-state index is 0.170. The number of hydrogen-bond donors (Lipinski definition) is 1. The van der Waals surface area contributed by atoms with Crippen molar-refractivity contribution >= 4 is 17.4 Å². The maximum absolute atomic E-state index is 13.1. The first-order valence-electron chi connectivity index (χ1n) is 8.98. The van der Waals surface area contributed by atoms with Crippen molar-refractivity contribution in [3.05, 3.63) is 100 Å². The molecule has 0 aliphatic rings. The maximum Gasteiger partial charge on any atom is 0.256 e. The lowest BCUT2D eigenvalue weighted by molar-refractivity contribution is 0.0996. The molecular weight excluding hydrogens is 348 g/mol. The van der Waals surface area contributed by atoms with Gasteiger partial charge < -0.3 is 5.32 Å². The lowest BCUT2D eigenvalue weighted by Crippen LogP contribution is -2.17. The first-order valence-corrected chi connectivity index (χ1v) is 8.98. The van der Waals surface area contributed by atoms with Crippen LogP contribution in [-0.4, -0.2) is 11.7 Å². The Bertz CT molecular complexity index is 1080. The van der Waals surface area contributed by atoms with Crippen LogP contribution in [0.1, 0.15) is 43.0 Å². The van der Waals surface area contributed by atoms with Gasteiger partial charge in [-0.25, -0.2) is 0 Å². The largest absolute Gasteiger partial charge is 0.322 e. The van der Waals surface area contributed by atoms with Crippen molar-refractivity contribution in [1.29, 1.82) is 5.26 Å². The number of carbonyl (C=O) groups excluding carboxylic acids is 2. The Balaban J connectivity index is 1.89. The molecule has 0 saturated carbocycles. The van der Waals surface area contributed by atoms with Crippen LogP contribution in [0.4, 0.5) is 5.69 Å². The molecule has 0 aliphatic heterocycles. The molecule has 0 radical (unpaired) electrons. The third-order valence-electron chi connectivity index (χ3n) is 4.55. The third kappa shape index (κ3) is 4.16. The number of carbonyl (C=O) groups is 2. The van der Waals surface area contributed by atoms with Crippen molar-refractivity contribution in [2.24, 2.45) is 0 Å². The molecule has 3 aromatic carbocycles. The van der Waals surface area contributed by atoms with E-state index in [0.29, 0.717) is 28.8 Å². The zero-order valence-corrected chi connectivity index (χ0v) is 15.8. The number of anilines is 1. The smallest absolute Gasteiger partial charge is 0.256 e. The average molecular weight is 368 g/mol. The minimum Gasteiger partial charge on any atom is -0.322 e. The first kappa shape index (κ1) is 19.1. The highest BCUT2D eigenvalue weighted by Crippen LogP contribution is 2.20. The van der Waals surface area contributed by atoms with Gasteiger partial charge in [0.2, 0.25) is 0 Å². The summed E-state index contributed by atoms with van der Waals surface area (Å²) in [6, 6.07) is 21.7. The summed E-state index contributed by atoms with van der Waals surface area (Å²) in [4.78, 5) is 25.9. The van der Waals surface area contributed by atoms with Crippen LogP contribution in [-0.2, 0) is 6.42 Å². The molecule has 4 nitrogen and oxygen atoms in total. The molecule has 1 N–H and O–H groups in total. The predicted octanol–water partition coefficient (Wildman–Crippen LogP) is 4.85. The van der Waals surface area contributed by atoms with Crippen molar-refractivity contribution in [1.82, 2.24) is 0 Å². The summed E-state index contributed by atoms with van der Waals surface area (Å²) in [5.74, 6) is -0.515. The van der Waals surface area contributed by atoms with Gasteiger partial charge in [-0.3, -0.25) is 9.59 Å². The topological polar surface area (TPSA) is 70.0 Å². The molecule has 0 aliphatic carbocycles. The molecule has 0 atom stereocenters. The van der Waals surface area contributed by atoms with Gasteiger partial charge in [0.25, 0.3) is 5.91 Å². The Morgan fingerprint density at radius 2 is 1.57 bits per heavy atom. The third-order valence-corrected chi connectivity index (χ3v) is 4.55. The van der Waals surface area contributed by atoms with E-state index in [-0.39, 0.29) is 11.7 Å². The van der Waals surface area contributed by atoms with Crippen molar-refractivity contribution in [3.63, 3.8) is 0 Å². The Morgan fingerprint density at radius 1 is 0.893 bits per heavy atom. The Kier molecular flexibility index (Phi) is 5.67. The Labute approximate surface area is 164 Å². The first-order chi connectivity index (χ1) is 13.5. The zero-order valence-electron chi connectivity index (χ0n) is 15.8. The summed E-state index contributed by atoms with van der Waals surface area (Å²) in [5, 5.41) is 11.6. The highest BCUT2D eigenvalue weighted by Gasteiger charge is 2.19. The summed E-state index contributed by atoms with van der Waals surface area (Å²) in [5.41, 5.74) is 4.66. The number of aryl methyl sites for hydroxylation is 2. The van der Waals surface area contributed by atoms with Gasteiger partial charge in [0.05, 0.1) is 18.1 Å². The van der Waals surface area contributed by atoms with Crippen LogP contribution in [0.3, 0.4) is 0 Å². The van der Waals surface area contributed by atoms with Gasteiger partial charge in [0.15, 0.2) is 5.78 Å². The van der Waals surface area contributed by atoms with Crippen LogP contribution >= 0.6 is 0 Å². The summed E-state index contributed by atoms with van der Waals surface area (Å²) in [6.45, 7) is 3.82. The van der Waals surface area contributed by atoms with Crippen LogP contribution in [0.2, 0.25) is 0 Å². The van der Waals surface area contributed by atoms with Gasteiger partial charge in [-0.15, -0.1) is 0 Å². The van der Waals surface area contributed by atoms with E-state index in [0.717, 1.165) is 16.7 Å². The number of nitrogens with zero attached hydrogens (tertiary/aromatic N) is 1. The molecule has 0 spiro atoms. The second kappa shape index (κ2) is 8.32. The number of hydrogen-bond acceptors (Lipinski definition) is 3. The average Bonchev–Trinajstić information content (AvgIpc) is 2.71. The van der Waals surface area contributed by atoms with Gasteiger partial charge in [-0.2, -0.15) is 5.26 Å². The molecule has 0 saturated heterocycles. The van der Waals surface area contributed by atoms with E-state index in [1.54, 1.807) is 48.5 Å². The van der Waals surface area contributed by atoms with E-state index in [2.05, 4.69) is 11.4 Å². The highest BCUT2D eigenvalue weighted by molar-refractivity contribution is 6.18. The molecule has 0 fully saturated rings. The number of nitrogens with one attached hydrogen (secondary N) is 1. The molecule has 1 amide bonds. The van der Waals surface area contributed by atoms with Crippen molar-refractivity contribution in [3.8, 4) is 6.07 Å². The molecule has 0 bridgehead atoms. The molecular formula is C24H20N2O2. The fraction of sp³-hybridized carbons (Fsp3) is 0.125. The number of rotatable bonds is 5. The summed E-state index contributed by atoms with van der Waals surface area (Å²) < 4.78 is 0. The fourth-order valence-corrected chi connectivity index (χ4v) is 3.00. The summed E-state index contributed by atoms with van der Waals surface area (Å²) >= 11 is 0. The fourth-order valence-electron chi connectivity index (χ4n) is 3.00. The van der Waals surface area contributed by atoms with Gasteiger partial charge >= 0.3 is 0 Å². The number of nitriles is 1. The van der Waals surface area contributed by atoms with Gasteiger partial charge in [-0.1, -0.05) is 48.0 Å². The molecule has 0 heterocycles. The second-order valence-electron chi connectivity index (χ2n) is 6.68. The molecule has 138 valence electrons. The normalized spacial score (nSPS) is 10.2. The second-order valence-corrected chi connectivity index (χ2v) is 6.68. The summed E-state index contributed by atoms with van der Waals surface area (Å²) in [7, 11) is 0. The van der Waals surface area contributed by atoms with Gasteiger partial charge in [0.1, 0.15) is 0 Å². The Hall–Kier alpha value is -3.71. The maximum atomic E-state index is 13.1. The quantitative estimate of drug-likeness (QED) is 0.654. The van der Waals surface area contributed by atoms with Gasteiger partial charge in [-0.05, 0) is 49.2 Å². The van der Waals surface area contributed by atoms with Crippen LogP contribution in [0.5, 0.6) is 0 Å². The monoisotopic (exact) mass is 368 g/mol. The molecule has 0 aromatic heterocycles. The van der Waals surface area contributed by atoms with E-state index in [4.69, 9.17) is 5.26 Å². The van der Waals surface area contributed by atoms with Crippen LogP contribution < -0.4 is 5.32 Å². The highest BCUT2D eigenvalue weighted by atomic mass is 16.2. The Morgan fingerprint density at radius 3 is 2.25 bits per heavy atom. The number of amides is 1. The van der Waals surface area contributed by atoms with E-state index in [1.807, 2.05) is 32.0 Å². The number of benzene rings is 3. The van der Waals surface area contributed by atoms with E-state index >= 15 is 0 Å². The van der Waals surface area contributed by atoms with Crippen molar-refractivity contribution in [2.75, 3.05) is 5.32 Å². The van der Waals surface area contributed by atoms with E-state index in [9.17, 15) is 9.59 Å². The molecule has 3 rings (SSSR count). The number of ketones is 1. The van der Waals surface area contributed by atoms with E-state index in [1.165, 1.54) is 0 Å². The minimum atomic E-state index is -0.345. The van der Waals surface area contributed by atoms with Crippen LogP contribution in [0, 0.1) is 25.2 Å². The van der Waals surface area contributed by atoms with Crippen molar-refractivity contribution in [2.45, 2.75) is 20.3 Å². The SMILES string of the molecule is Cc1ccc(C)c(C(=O)c2ccccc2C(=O)Nc2ccc(CC#N)cc2)c1. The molecule has 3 aromatic rings. The standard InChI is InChI=1S/C24H20N2O2/c1-16-7-8-17(2)22(15-16)23(27)20-5-3-4-6-21(20)24(28)26-19-11-9-18(10-12-19)13-14-25/h3-12,15H,13H2,1-2H3,(H,26,28). The lowest BCUT2D eigenvalue weighted by Gasteiger charge is -2.12. The summed E-state index contributed by atoms with van der Waals surface area (Å²) in [6.07, 6.45) is 0.321. The van der Waals surface area contributed by atoms with Crippen molar-refractivity contribution < 1.29 is 9.59 Å². The van der Waals surface area contributed by atoms with Crippen LogP contribution in [0.15, 0.2) is 66.7 Å². The molecule has 28 heavy (non-hydrogen) atoms. The van der Waals surface area contributed by atoms with E-state index < -0.39 is 0 Å². The lowest BCUT2D eigenvalue weighted by atomic mass is 9.94. The predicted molar refractivity (Wildman–Crippen MR) is 110 cm³/mol. The molecule has 0 unspecified atom stereocenters.